The molecule has 0 aliphatic heterocycles. The number of carbonyl (C=O) groups is 1. The number of aliphatic hydroxyl groups is 1. The van der Waals surface area contributed by atoms with Crippen LogP contribution >= 0.6 is 23.2 Å². The zero-order valence-corrected chi connectivity index (χ0v) is 13.6. The second kappa shape index (κ2) is 7.30. The number of hydrogen-bond donors (Lipinski definition) is 2. The molecular weight excluding hydrogens is 297 g/mol. The molecule has 1 amide bonds. The second-order valence-electron chi connectivity index (χ2n) is 5.92. The van der Waals surface area contributed by atoms with Crippen molar-refractivity contribution < 1.29 is 9.90 Å². The molecule has 1 rings (SSSR count). The van der Waals surface area contributed by atoms with Gasteiger partial charge in [0.1, 0.15) is 0 Å². The van der Waals surface area contributed by atoms with Crippen LogP contribution in [0.15, 0.2) is 18.2 Å². The summed E-state index contributed by atoms with van der Waals surface area (Å²) in [7, 11) is 0. The molecule has 0 saturated heterocycles. The molecule has 0 aromatic heterocycles. The lowest BCUT2D eigenvalue weighted by atomic mass is 9.87. The van der Waals surface area contributed by atoms with Crippen LogP contribution in [-0.2, 0) is 11.2 Å². The number of amides is 1. The lowest BCUT2D eigenvalue weighted by Gasteiger charge is -2.26. The molecule has 2 N–H and O–H groups in total. The fourth-order valence-corrected chi connectivity index (χ4v) is 2.43. The Morgan fingerprint density at radius 2 is 2.00 bits per heavy atom. The highest BCUT2D eigenvalue weighted by atomic mass is 35.5. The Morgan fingerprint density at radius 3 is 2.55 bits per heavy atom. The van der Waals surface area contributed by atoms with Crippen molar-refractivity contribution in [2.24, 2.45) is 5.41 Å². The first-order valence-corrected chi connectivity index (χ1v) is 7.34. The third kappa shape index (κ3) is 6.12. The molecule has 112 valence electrons. The van der Waals surface area contributed by atoms with Gasteiger partial charge in [0, 0.05) is 6.54 Å². The fourth-order valence-electron chi connectivity index (χ4n) is 2.11. The van der Waals surface area contributed by atoms with Crippen molar-refractivity contribution in [3.8, 4) is 0 Å². The van der Waals surface area contributed by atoms with E-state index in [2.05, 4.69) is 5.32 Å². The van der Waals surface area contributed by atoms with Crippen LogP contribution in [0, 0.1) is 5.41 Å². The molecule has 0 aliphatic carbocycles. The number of benzene rings is 1. The molecule has 0 saturated carbocycles. The molecule has 5 heteroatoms. The van der Waals surface area contributed by atoms with Gasteiger partial charge in [-0.05, 0) is 36.5 Å². The minimum Gasteiger partial charge on any atom is -0.393 e. The van der Waals surface area contributed by atoms with E-state index in [0.717, 1.165) is 5.56 Å². The Balaban J connectivity index is 2.49. The van der Waals surface area contributed by atoms with Crippen LogP contribution in [-0.4, -0.2) is 23.7 Å². The summed E-state index contributed by atoms with van der Waals surface area (Å²) in [6.45, 7) is 6.30. The van der Waals surface area contributed by atoms with E-state index in [1.54, 1.807) is 25.1 Å². The largest absolute Gasteiger partial charge is 0.393 e. The lowest BCUT2D eigenvalue weighted by Crippen LogP contribution is -2.36. The van der Waals surface area contributed by atoms with Crippen molar-refractivity contribution >= 4 is 29.1 Å². The Morgan fingerprint density at radius 1 is 1.35 bits per heavy atom. The molecule has 1 unspecified atom stereocenters. The summed E-state index contributed by atoms with van der Waals surface area (Å²) in [6, 6.07) is 5.17. The third-order valence-corrected chi connectivity index (χ3v) is 3.70. The molecule has 0 radical (unpaired) electrons. The van der Waals surface area contributed by atoms with Crippen molar-refractivity contribution in [2.75, 3.05) is 6.54 Å². The monoisotopic (exact) mass is 317 g/mol. The highest BCUT2D eigenvalue weighted by Gasteiger charge is 2.21. The Hall–Kier alpha value is -0.770. The Kier molecular flexibility index (Phi) is 6.31. The average Bonchev–Trinajstić information content (AvgIpc) is 2.30. The van der Waals surface area contributed by atoms with Gasteiger partial charge in [0.25, 0.3) is 0 Å². The number of carbonyl (C=O) groups excluding carboxylic acids is 1. The fraction of sp³-hybridized carbons (Fsp3) is 0.533. The Labute approximate surface area is 130 Å². The summed E-state index contributed by atoms with van der Waals surface area (Å²) in [5.41, 5.74) is 0.687. The van der Waals surface area contributed by atoms with Crippen molar-refractivity contribution in [3.05, 3.63) is 33.8 Å². The molecule has 1 aromatic carbocycles. The van der Waals surface area contributed by atoms with Gasteiger partial charge < -0.3 is 10.4 Å². The van der Waals surface area contributed by atoms with Gasteiger partial charge in [-0.1, -0.05) is 43.1 Å². The Bertz CT molecular complexity index is 473. The van der Waals surface area contributed by atoms with Crippen molar-refractivity contribution in [1.29, 1.82) is 0 Å². The zero-order chi connectivity index (χ0) is 15.3. The van der Waals surface area contributed by atoms with Gasteiger partial charge in [0.15, 0.2) is 0 Å². The summed E-state index contributed by atoms with van der Waals surface area (Å²) in [5.74, 6) is -0.0675. The number of nitrogens with one attached hydrogen (secondary N) is 1. The minimum atomic E-state index is -0.378. The van der Waals surface area contributed by atoms with Crippen molar-refractivity contribution in [1.82, 2.24) is 5.32 Å². The summed E-state index contributed by atoms with van der Waals surface area (Å²) < 4.78 is 0. The standard InChI is InChI=1S/C15H21Cl2NO2/c1-10(19)8-15(2,3)9-18-14(20)7-11-4-5-12(16)13(17)6-11/h4-6,10,19H,7-9H2,1-3H3,(H,18,20). The van der Waals surface area contributed by atoms with E-state index in [1.807, 2.05) is 13.8 Å². The molecule has 0 aliphatic rings. The minimum absolute atomic E-state index is 0.0675. The van der Waals surface area contributed by atoms with E-state index in [1.165, 1.54) is 0 Å². The van der Waals surface area contributed by atoms with Crippen LogP contribution in [0.5, 0.6) is 0 Å². The van der Waals surface area contributed by atoms with E-state index >= 15 is 0 Å². The third-order valence-electron chi connectivity index (χ3n) is 2.96. The first kappa shape index (κ1) is 17.3. The first-order valence-electron chi connectivity index (χ1n) is 6.58. The average molecular weight is 318 g/mol. The quantitative estimate of drug-likeness (QED) is 0.844. The van der Waals surface area contributed by atoms with Gasteiger partial charge in [0.2, 0.25) is 5.91 Å². The van der Waals surface area contributed by atoms with Crippen LogP contribution < -0.4 is 5.32 Å². The van der Waals surface area contributed by atoms with E-state index in [4.69, 9.17) is 23.2 Å². The van der Waals surface area contributed by atoms with Crippen LogP contribution in [0.1, 0.15) is 32.8 Å². The molecule has 0 bridgehead atoms. The van der Waals surface area contributed by atoms with Gasteiger partial charge in [-0.25, -0.2) is 0 Å². The van der Waals surface area contributed by atoms with Gasteiger partial charge in [0.05, 0.1) is 22.6 Å². The van der Waals surface area contributed by atoms with Gasteiger partial charge in [-0.3, -0.25) is 4.79 Å². The summed E-state index contributed by atoms with van der Waals surface area (Å²) in [4.78, 5) is 11.9. The van der Waals surface area contributed by atoms with E-state index in [0.29, 0.717) is 23.0 Å². The van der Waals surface area contributed by atoms with E-state index in [9.17, 15) is 9.90 Å². The maximum absolute atomic E-state index is 11.9. The molecule has 0 heterocycles. The van der Waals surface area contributed by atoms with Crippen LogP contribution in [0.4, 0.5) is 0 Å². The maximum atomic E-state index is 11.9. The normalized spacial score (nSPS) is 13.1. The highest BCUT2D eigenvalue weighted by molar-refractivity contribution is 6.42. The summed E-state index contributed by atoms with van der Waals surface area (Å²) >= 11 is 11.7. The number of halogens is 2. The lowest BCUT2D eigenvalue weighted by molar-refractivity contribution is -0.121. The molecule has 20 heavy (non-hydrogen) atoms. The number of aliphatic hydroxyl groups excluding tert-OH is 1. The second-order valence-corrected chi connectivity index (χ2v) is 6.73. The number of hydrogen-bond acceptors (Lipinski definition) is 2. The molecule has 0 spiro atoms. The van der Waals surface area contributed by atoms with E-state index < -0.39 is 0 Å². The number of rotatable bonds is 6. The van der Waals surface area contributed by atoms with Crippen LogP contribution in [0.2, 0.25) is 10.0 Å². The van der Waals surface area contributed by atoms with Crippen molar-refractivity contribution in [3.63, 3.8) is 0 Å². The molecular formula is C15H21Cl2NO2. The van der Waals surface area contributed by atoms with Gasteiger partial charge in [-0.15, -0.1) is 0 Å². The molecule has 0 fully saturated rings. The topological polar surface area (TPSA) is 49.3 Å². The molecule has 3 nitrogen and oxygen atoms in total. The smallest absolute Gasteiger partial charge is 0.224 e. The van der Waals surface area contributed by atoms with Crippen LogP contribution in [0.25, 0.3) is 0 Å². The zero-order valence-electron chi connectivity index (χ0n) is 12.0. The van der Waals surface area contributed by atoms with Gasteiger partial charge >= 0.3 is 0 Å². The predicted octanol–water partition coefficient (Wildman–Crippen LogP) is 3.45. The van der Waals surface area contributed by atoms with Crippen LogP contribution in [0.3, 0.4) is 0 Å². The predicted molar refractivity (Wildman–Crippen MR) is 83.3 cm³/mol. The summed E-state index contributed by atoms with van der Waals surface area (Å²) in [6.07, 6.45) is 0.527. The molecule has 1 aromatic rings. The van der Waals surface area contributed by atoms with Crippen molar-refractivity contribution in [2.45, 2.75) is 39.7 Å². The first-order chi connectivity index (χ1) is 9.19. The SMILES string of the molecule is CC(O)CC(C)(C)CNC(=O)Cc1ccc(Cl)c(Cl)c1. The highest BCUT2D eigenvalue weighted by Crippen LogP contribution is 2.23. The van der Waals surface area contributed by atoms with E-state index in [-0.39, 0.29) is 23.8 Å². The maximum Gasteiger partial charge on any atom is 0.224 e. The molecule has 1 atom stereocenters. The summed E-state index contributed by atoms with van der Waals surface area (Å²) in [5, 5.41) is 13.2. The van der Waals surface area contributed by atoms with Gasteiger partial charge in [-0.2, -0.15) is 0 Å².